The van der Waals surface area contributed by atoms with E-state index in [0.717, 1.165) is 29.7 Å². The SMILES string of the molecule is Cc1cc(C)cc(NC(=O)NCC2CCN(C(=O)/C=C/c3ccco3)CC2)c1. The molecule has 2 heterocycles. The molecule has 148 valence electrons. The van der Waals surface area contributed by atoms with Gasteiger partial charge in [-0.3, -0.25) is 4.79 Å². The van der Waals surface area contributed by atoms with Crippen molar-refractivity contribution in [3.8, 4) is 0 Å². The molecule has 1 saturated heterocycles. The third-order valence-electron chi connectivity index (χ3n) is 4.89. The molecule has 28 heavy (non-hydrogen) atoms. The third-order valence-corrected chi connectivity index (χ3v) is 4.89. The standard InChI is InChI=1S/C22H27N3O3/c1-16-12-17(2)14-19(13-16)24-22(27)23-15-18-7-9-25(10-8-18)21(26)6-5-20-4-3-11-28-20/h3-6,11-14,18H,7-10,15H2,1-2H3,(H2,23,24,27)/b6-5+. The number of nitrogens with zero attached hydrogens (tertiary/aromatic N) is 1. The van der Waals surface area contributed by atoms with Gasteiger partial charge in [0.2, 0.25) is 5.91 Å². The molecular weight excluding hydrogens is 354 g/mol. The van der Waals surface area contributed by atoms with E-state index in [1.54, 1.807) is 24.5 Å². The van der Waals surface area contributed by atoms with Gasteiger partial charge in [0.25, 0.3) is 0 Å². The van der Waals surface area contributed by atoms with Crippen LogP contribution in [0.2, 0.25) is 0 Å². The lowest BCUT2D eigenvalue weighted by Gasteiger charge is -2.31. The van der Waals surface area contributed by atoms with Crippen LogP contribution in [0.15, 0.2) is 47.1 Å². The Bertz CT molecular complexity index is 814. The summed E-state index contributed by atoms with van der Waals surface area (Å²) in [6.45, 7) is 6.03. The highest BCUT2D eigenvalue weighted by atomic mass is 16.3. The lowest BCUT2D eigenvalue weighted by molar-refractivity contribution is -0.127. The predicted octanol–water partition coefficient (Wildman–Crippen LogP) is 3.97. The number of benzene rings is 1. The van der Waals surface area contributed by atoms with Crippen molar-refractivity contribution < 1.29 is 14.0 Å². The number of anilines is 1. The summed E-state index contributed by atoms with van der Waals surface area (Å²) >= 11 is 0. The number of piperidine rings is 1. The molecule has 0 spiro atoms. The molecule has 3 amide bonds. The smallest absolute Gasteiger partial charge is 0.319 e. The third kappa shape index (κ3) is 5.74. The fraction of sp³-hybridized carbons (Fsp3) is 0.364. The van der Waals surface area contributed by atoms with Gasteiger partial charge in [-0.05, 0) is 74.1 Å². The maximum absolute atomic E-state index is 12.2. The molecule has 0 saturated carbocycles. The first kappa shape index (κ1) is 19.7. The van der Waals surface area contributed by atoms with E-state index >= 15 is 0 Å². The highest BCUT2D eigenvalue weighted by Crippen LogP contribution is 2.18. The number of hydrogen-bond donors (Lipinski definition) is 2. The van der Waals surface area contributed by atoms with Crippen LogP contribution in [0.25, 0.3) is 6.08 Å². The normalized spacial score (nSPS) is 15.0. The molecule has 1 aromatic heterocycles. The first-order valence-electron chi connectivity index (χ1n) is 9.63. The number of carbonyl (C=O) groups excluding carboxylic acids is 2. The lowest BCUT2D eigenvalue weighted by Crippen LogP contribution is -2.41. The van der Waals surface area contributed by atoms with Crippen molar-refractivity contribution in [1.29, 1.82) is 0 Å². The van der Waals surface area contributed by atoms with Crippen molar-refractivity contribution in [2.45, 2.75) is 26.7 Å². The molecule has 1 aromatic carbocycles. The van der Waals surface area contributed by atoms with E-state index in [-0.39, 0.29) is 11.9 Å². The zero-order valence-corrected chi connectivity index (χ0v) is 16.4. The van der Waals surface area contributed by atoms with Crippen molar-refractivity contribution in [2.24, 2.45) is 5.92 Å². The van der Waals surface area contributed by atoms with Crippen LogP contribution < -0.4 is 10.6 Å². The predicted molar refractivity (Wildman–Crippen MR) is 110 cm³/mol. The summed E-state index contributed by atoms with van der Waals surface area (Å²) in [6.07, 6.45) is 6.58. The van der Waals surface area contributed by atoms with E-state index in [9.17, 15) is 9.59 Å². The molecule has 2 aromatic rings. The number of amides is 3. The molecule has 0 unspecified atom stereocenters. The van der Waals surface area contributed by atoms with Crippen LogP contribution in [0.3, 0.4) is 0 Å². The summed E-state index contributed by atoms with van der Waals surface area (Å²) in [5.41, 5.74) is 3.04. The van der Waals surface area contributed by atoms with Gasteiger partial charge in [0, 0.05) is 31.4 Å². The van der Waals surface area contributed by atoms with E-state index in [2.05, 4.69) is 16.7 Å². The molecule has 3 rings (SSSR count). The number of furan rings is 1. The van der Waals surface area contributed by atoms with Crippen LogP contribution in [0, 0.1) is 19.8 Å². The number of urea groups is 1. The van der Waals surface area contributed by atoms with Gasteiger partial charge in [-0.25, -0.2) is 4.79 Å². The minimum absolute atomic E-state index is 0.00429. The molecular formula is C22H27N3O3. The number of rotatable bonds is 5. The summed E-state index contributed by atoms with van der Waals surface area (Å²) in [5.74, 6) is 1.04. The molecule has 0 aliphatic carbocycles. The Kier molecular flexibility index (Phi) is 6.53. The summed E-state index contributed by atoms with van der Waals surface area (Å²) in [5, 5.41) is 5.84. The van der Waals surface area contributed by atoms with Crippen LogP contribution in [0.5, 0.6) is 0 Å². The molecule has 6 nitrogen and oxygen atoms in total. The minimum Gasteiger partial charge on any atom is -0.465 e. The number of likely N-dealkylation sites (tertiary alicyclic amines) is 1. The van der Waals surface area contributed by atoms with E-state index in [4.69, 9.17) is 4.42 Å². The van der Waals surface area contributed by atoms with Crippen molar-refractivity contribution in [3.05, 3.63) is 59.6 Å². The Labute approximate surface area is 165 Å². The van der Waals surface area contributed by atoms with E-state index in [0.29, 0.717) is 31.3 Å². The molecule has 0 atom stereocenters. The van der Waals surface area contributed by atoms with Gasteiger partial charge in [0.15, 0.2) is 0 Å². The Morgan fingerprint density at radius 3 is 2.54 bits per heavy atom. The van der Waals surface area contributed by atoms with E-state index in [1.807, 2.05) is 36.9 Å². The molecule has 0 bridgehead atoms. The largest absolute Gasteiger partial charge is 0.465 e. The van der Waals surface area contributed by atoms with Crippen molar-refractivity contribution >= 4 is 23.7 Å². The van der Waals surface area contributed by atoms with Gasteiger partial charge in [-0.2, -0.15) is 0 Å². The second-order valence-electron chi connectivity index (χ2n) is 7.33. The molecule has 6 heteroatoms. The molecule has 0 radical (unpaired) electrons. The Morgan fingerprint density at radius 1 is 1.18 bits per heavy atom. The van der Waals surface area contributed by atoms with Crippen LogP contribution in [0.1, 0.15) is 29.7 Å². The van der Waals surface area contributed by atoms with Gasteiger partial charge in [0.1, 0.15) is 5.76 Å². The highest BCUT2D eigenvalue weighted by molar-refractivity contribution is 5.91. The Morgan fingerprint density at radius 2 is 1.89 bits per heavy atom. The highest BCUT2D eigenvalue weighted by Gasteiger charge is 2.22. The number of nitrogens with one attached hydrogen (secondary N) is 2. The number of carbonyl (C=O) groups is 2. The molecule has 1 fully saturated rings. The number of aryl methyl sites for hydroxylation is 2. The first-order valence-corrected chi connectivity index (χ1v) is 9.63. The Balaban J connectivity index is 1.39. The molecule has 1 aliphatic heterocycles. The second kappa shape index (κ2) is 9.26. The van der Waals surface area contributed by atoms with Gasteiger partial charge in [-0.15, -0.1) is 0 Å². The van der Waals surface area contributed by atoms with Crippen molar-refractivity contribution in [2.75, 3.05) is 25.0 Å². The van der Waals surface area contributed by atoms with Gasteiger partial charge < -0.3 is 20.0 Å². The van der Waals surface area contributed by atoms with E-state index in [1.165, 1.54) is 0 Å². The first-order chi connectivity index (χ1) is 13.5. The summed E-state index contributed by atoms with van der Waals surface area (Å²) in [4.78, 5) is 26.2. The summed E-state index contributed by atoms with van der Waals surface area (Å²) in [6, 6.07) is 9.38. The minimum atomic E-state index is -0.190. The molecule has 2 N–H and O–H groups in total. The van der Waals surface area contributed by atoms with Crippen LogP contribution in [0.4, 0.5) is 10.5 Å². The average molecular weight is 381 g/mol. The topological polar surface area (TPSA) is 74.6 Å². The average Bonchev–Trinajstić information content (AvgIpc) is 3.17. The Hall–Kier alpha value is -3.02. The van der Waals surface area contributed by atoms with Gasteiger partial charge in [0.05, 0.1) is 6.26 Å². The van der Waals surface area contributed by atoms with Crippen LogP contribution >= 0.6 is 0 Å². The van der Waals surface area contributed by atoms with Crippen LogP contribution in [-0.4, -0.2) is 36.5 Å². The van der Waals surface area contributed by atoms with Gasteiger partial charge in [-0.1, -0.05) is 6.07 Å². The number of hydrogen-bond acceptors (Lipinski definition) is 3. The van der Waals surface area contributed by atoms with Gasteiger partial charge >= 0.3 is 6.03 Å². The second-order valence-corrected chi connectivity index (χ2v) is 7.33. The van der Waals surface area contributed by atoms with E-state index < -0.39 is 0 Å². The lowest BCUT2D eigenvalue weighted by atomic mass is 9.97. The maximum atomic E-state index is 12.2. The fourth-order valence-corrected chi connectivity index (χ4v) is 3.46. The maximum Gasteiger partial charge on any atom is 0.319 e. The van der Waals surface area contributed by atoms with Crippen molar-refractivity contribution in [1.82, 2.24) is 10.2 Å². The summed E-state index contributed by atoms with van der Waals surface area (Å²) < 4.78 is 5.19. The zero-order valence-electron chi connectivity index (χ0n) is 16.4. The zero-order chi connectivity index (χ0) is 19.9. The summed E-state index contributed by atoms with van der Waals surface area (Å²) in [7, 11) is 0. The fourth-order valence-electron chi connectivity index (χ4n) is 3.46. The monoisotopic (exact) mass is 381 g/mol. The van der Waals surface area contributed by atoms with Crippen molar-refractivity contribution in [3.63, 3.8) is 0 Å². The van der Waals surface area contributed by atoms with Crippen LogP contribution in [-0.2, 0) is 4.79 Å². The quantitative estimate of drug-likeness (QED) is 0.770. The molecule has 1 aliphatic rings.